The van der Waals surface area contributed by atoms with E-state index in [9.17, 15) is 0 Å². The maximum Gasteiger partial charge on any atom is 0.127 e. The zero-order valence-electron chi connectivity index (χ0n) is 11.3. The van der Waals surface area contributed by atoms with Crippen LogP contribution in [0.5, 0.6) is 0 Å². The zero-order valence-corrected chi connectivity index (χ0v) is 13.0. The van der Waals surface area contributed by atoms with Gasteiger partial charge in [0.15, 0.2) is 0 Å². The van der Waals surface area contributed by atoms with Crippen molar-refractivity contribution in [3.05, 3.63) is 34.7 Å². The van der Waals surface area contributed by atoms with Crippen LogP contribution in [-0.4, -0.2) is 4.98 Å². The van der Waals surface area contributed by atoms with E-state index >= 15 is 0 Å². The lowest BCUT2D eigenvalue weighted by Gasteiger charge is -2.18. The van der Waals surface area contributed by atoms with E-state index in [0.717, 1.165) is 27.9 Å². The van der Waals surface area contributed by atoms with Gasteiger partial charge in [-0.1, -0.05) is 19.1 Å². The second kappa shape index (κ2) is 4.57. The molecule has 0 fully saturated rings. The van der Waals surface area contributed by atoms with Crippen molar-refractivity contribution in [2.24, 2.45) is 5.92 Å². The molecule has 3 aromatic rings. The molecule has 1 unspecified atom stereocenters. The number of fused-ring (bicyclic) bond motifs is 2. The number of rotatable bonds is 1. The van der Waals surface area contributed by atoms with E-state index in [1.54, 1.807) is 22.7 Å². The summed E-state index contributed by atoms with van der Waals surface area (Å²) < 4.78 is 1.24. The largest absolute Gasteiger partial charge is 0.390 e. The molecule has 2 nitrogen and oxygen atoms in total. The fraction of sp³-hybridized carbons (Fsp3) is 0.312. The van der Waals surface area contributed by atoms with Gasteiger partial charge in [-0.2, -0.15) is 0 Å². The summed E-state index contributed by atoms with van der Waals surface area (Å²) in [5.74, 6) is 0.781. The highest BCUT2D eigenvalue weighted by atomic mass is 32.1. The second-order valence-corrected chi connectivity index (χ2v) is 7.75. The molecule has 0 spiro atoms. The number of nitrogens with zero attached hydrogens (tertiary/aromatic N) is 1. The molecule has 0 saturated carbocycles. The monoisotopic (exact) mass is 300 g/mol. The van der Waals surface area contributed by atoms with Gasteiger partial charge in [0.25, 0.3) is 0 Å². The number of hydrogen-bond donors (Lipinski definition) is 1. The van der Waals surface area contributed by atoms with E-state index in [-0.39, 0.29) is 0 Å². The number of para-hydroxylation sites is 1. The summed E-state index contributed by atoms with van der Waals surface area (Å²) in [5.41, 5.74) is 10.1. The van der Waals surface area contributed by atoms with Crippen LogP contribution < -0.4 is 5.73 Å². The number of anilines is 1. The van der Waals surface area contributed by atoms with E-state index in [2.05, 4.69) is 25.1 Å². The minimum absolute atomic E-state index is 0.781. The molecule has 2 N–H and O–H groups in total. The highest BCUT2D eigenvalue weighted by Crippen LogP contribution is 2.45. The summed E-state index contributed by atoms with van der Waals surface area (Å²) in [5, 5.41) is 2.04. The summed E-state index contributed by atoms with van der Waals surface area (Å²) in [6, 6.07) is 8.32. The lowest BCUT2D eigenvalue weighted by molar-refractivity contribution is 0.508. The smallest absolute Gasteiger partial charge is 0.127 e. The Morgan fingerprint density at radius 2 is 2.10 bits per heavy atom. The van der Waals surface area contributed by atoms with Crippen molar-refractivity contribution in [1.29, 1.82) is 0 Å². The van der Waals surface area contributed by atoms with Crippen LogP contribution in [0.4, 0.5) is 5.00 Å². The normalized spacial score (nSPS) is 18.4. The molecule has 0 bridgehead atoms. The number of hydrogen-bond acceptors (Lipinski definition) is 4. The molecule has 1 aromatic carbocycles. The summed E-state index contributed by atoms with van der Waals surface area (Å²) in [6.07, 6.45) is 3.59. The first-order chi connectivity index (χ1) is 9.72. The maximum absolute atomic E-state index is 6.31. The summed E-state index contributed by atoms with van der Waals surface area (Å²) in [4.78, 5) is 6.27. The summed E-state index contributed by atoms with van der Waals surface area (Å²) in [6.45, 7) is 2.33. The molecular weight excluding hydrogens is 284 g/mol. The van der Waals surface area contributed by atoms with E-state index in [4.69, 9.17) is 10.7 Å². The molecule has 1 atom stereocenters. The highest BCUT2D eigenvalue weighted by Gasteiger charge is 2.25. The third-order valence-electron chi connectivity index (χ3n) is 4.05. The Kier molecular flexibility index (Phi) is 2.82. The van der Waals surface area contributed by atoms with Crippen molar-refractivity contribution < 1.29 is 0 Å². The van der Waals surface area contributed by atoms with Gasteiger partial charge < -0.3 is 5.73 Å². The quantitative estimate of drug-likeness (QED) is 0.705. The first kappa shape index (κ1) is 12.4. The lowest BCUT2D eigenvalue weighted by atomic mass is 9.88. The molecule has 0 radical (unpaired) electrons. The Morgan fingerprint density at radius 1 is 1.25 bits per heavy atom. The van der Waals surface area contributed by atoms with Gasteiger partial charge in [0, 0.05) is 10.4 Å². The minimum Gasteiger partial charge on any atom is -0.390 e. The zero-order chi connectivity index (χ0) is 13.7. The summed E-state index contributed by atoms with van der Waals surface area (Å²) in [7, 11) is 0. The number of thiazole rings is 1. The first-order valence-electron chi connectivity index (χ1n) is 6.98. The molecule has 4 rings (SSSR count). The van der Waals surface area contributed by atoms with Gasteiger partial charge in [-0.15, -0.1) is 22.7 Å². The Bertz CT molecular complexity index is 752. The van der Waals surface area contributed by atoms with Gasteiger partial charge in [-0.05, 0) is 42.9 Å². The third kappa shape index (κ3) is 1.86. The van der Waals surface area contributed by atoms with E-state index < -0.39 is 0 Å². The van der Waals surface area contributed by atoms with E-state index in [0.29, 0.717) is 0 Å². The molecular formula is C16H16N2S2. The number of aromatic nitrogens is 1. The Hall–Kier alpha value is -1.39. The lowest BCUT2D eigenvalue weighted by Crippen LogP contribution is -2.09. The SMILES string of the molecule is CC1CCc2c(sc(N)c2-c2nc3ccccc3s2)C1. The van der Waals surface area contributed by atoms with Gasteiger partial charge in [0.05, 0.1) is 15.2 Å². The van der Waals surface area contributed by atoms with Crippen molar-refractivity contribution >= 4 is 37.9 Å². The average Bonchev–Trinajstić information content (AvgIpc) is 2.97. The molecule has 102 valence electrons. The van der Waals surface area contributed by atoms with E-state index in [1.165, 1.54) is 33.5 Å². The second-order valence-electron chi connectivity index (χ2n) is 5.58. The number of benzene rings is 1. The first-order valence-corrected chi connectivity index (χ1v) is 8.61. The molecule has 2 heterocycles. The summed E-state index contributed by atoms with van der Waals surface area (Å²) >= 11 is 3.53. The van der Waals surface area contributed by atoms with Crippen LogP contribution in [0.1, 0.15) is 23.8 Å². The van der Waals surface area contributed by atoms with Crippen LogP contribution in [0, 0.1) is 5.92 Å². The molecule has 0 amide bonds. The molecule has 1 aliphatic carbocycles. The molecule has 2 aromatic heterocycles. The van der Waals surface area contributed by atoms with Crippen LogP contribution in [0.25, 0.3) is 20.8 Å². The van der Waals surface area contributed by atoms with Gasteiger partial charge >= 0.3 is 0 Å². The van der Waals surface area contributed by atoms with Crippen LogP contribution in [0.2, 0.25) is 0 Å². The van der Waals surface area contributed by atoms with Crippen molar-refractivity contribution in [1.82, 2.24) is 4.98 Å². The minimum atomic E-state index is 0.781. The van der Waals surface area contributed by atoms with Crippen molar-refractivity contribution in [2.75, 3.05) is 5.73 Å². The molecule has 1 aliphatic rings. The Labute approximate surface area is 126 Å². The van der Waals surface area contributed by atoms with Gasteiger partial charge in [-0.3, -0.25) is 0 Å². The fourth-order valence-corrected chi connectivity index (χ4v) is 5.39. The van der Waals surface area contributed by atoms with Crippen molar-refractivity contribution in [2.45, 2.75) is 26.2 Å². The molecule has 0 aliphatic heterocycles. The highest BCUT2D eigenvalue weighted by molar-refractivity contribution is 7.22. The number of nitrogens with two attached hydrogens (primary N) is 1. The molecule has 4 heteroatoms. The topological polar surface area (TPSA) is 38.9 Å². The average molecular weight is 300 g/mol. The van der Waals surface area contributed by atoms with Gasteiger partial charge in [0.1, 0.15) is 5.01 Å². The maximum atomic E-state index is 6.31. The van der Waals surface area contributed by atoms with Crippen molar-refractivity contribution in [3.8, 4) is 10.6 Å². The fourth-order valence-electron chi connectivity index (χ4n) is 2.99. The predicted molar refractivity (Wildman–Crippen MR) is 88.5 cm³/mol. The Morgan fingerprint density at radius 3 is 2.95 bits per heavy atom. The number of thiophene rings is 1. The predicted octanol–water partition coefficient (Wildman–Crippen LogP) is 4.73. The van der Waals surface area contributed by atoms with Crippen LogP contribution in [-0.2, 0) is 12.8 Å². The molecule has 20 heavy (non-hydrogen) atoms. The molecule has 0 saturated heterocycles. The van der Waals surface area contributed by atoms with Crippen LogP contribution in [0.3, 0.4) is 0 Å². The number of nitrogen functional groups attached to an aromatic ring is 1. The van der Waals surface area contributed by atoms with E-state index in [1.807, 2.05) is 6.07 Å². The third-order valence-corrected chi connectivity index (χ3v) is 6.18. The standard InChI is InChI=1S/C16H16N2S2/c1-9-6-7-10-13(8-9)19-15(17)14(10)16-18-11-4-2-3-5-12(11)20-16/h2-5,9H,6-8,17H2,1H3. The van der Waals surface area contributed by atoms with Crippen LogP contribution >= 0.6 is 22.7 Å². The van der Waals surface area contributed by atoms with Gasteiger partial charge in [-0.25, -0.2) is 4.98 Å². The van der Waals surface area contributed by atoms with Crippen LogP contribution in [0.15, 0.2) is 24.3 Å². The Balaban J connectivity index is 1.89. The van der Waals surface area contributed by atoms with Gasteiger partial charge in [0.2, 0.25) is 0 Å². The van der Waals surface area contributed by atoms with Crippen molar-refractivity contribution in [3.63, 3.8) is 0 Å².